The van der Waals surface area contributed by atoms with Crippen molar-refractivity contribution in [3.05, 3.63) is 94.1 Å². The summed E-state index contributed by atoms with van der Waals surface area (Å²) in [5.74, 6) is -1.48. The van der Waals surface area contributed by atoms with Crippen LogP contribution in [-0.4, -0.2) is 39.8 Å². The summed E-state index contributed by atoms with van der Waals surface area (Å²) in [5, 5.41) is 0. The van der Waals surface area contributed by atoms with E-state index in [4.69, 9.17) is 4.74 Å². The van der Waals surface area contributed by atoms with Crippen molar-refractivity contribution < 1.29 is 23.5 Å². The van der Waals surface area contributed by atoms with Crippen molar-refractivity contribution in [2.75, 3.05) is 6.61 Å². The van der Waals surface area contributed by atoms with Crippen LogP contribution in [0, 0.1) is 19.7 Å². The number of ketones is 1. The summed E-state index contributed by atoms with van der Waals surface area (Å²) >= 11 is 0. The third kappa shape index (κ3) is 4.93. The summed E-state index contributed by atoms with van der Waals surface area (Å²) in [6.07, 6.45) is 0. The molecule has 0 N–H and O–H groups in total. The van der Waals surface area contributed by atoms with Gasteiger partial charge in [-0.2, -0.15) is 0 Å². The SMILES string of the molecule is CCOC(=O)c1c(C)c(C(=O)C(C)N(Cc2ccc(F)cc2)C(=O)c2ccccc2)c(C)n1C. The first-order chi connectivity index (χ1) is 16.2. The number of Topliss-reactive ketones (excluding diaryl/α,β-unsaturated/α-hetero) is 1. The third-order valence-electron chi connectivity index (χ3n) is 6.04. The number of esters is 1. The highest BCUT2D eigenvalue weighted by atomic mass is 19.1. The highest BCUT2D eigenvalue weighted by Gasteiger charge is 2.33. The lowest BCUT2D eigenvalue weighted by Crippen LogP contribution is -2.43. The molecule has 0 saturated carbocycles. The molecule has 178 valence electrons. The van der Waals surface area contributed by atoms with Crippen molar-refractivity contribution in [1.82, 2.24) is 9.47 Å². The van der Waals surface area contributed by atoms with Gasteiger partial charge in [0.1, 0.15) is 11.5 Å². The summed E-state index contributed by atoms with van der Waals surface area (Å²) in [5.41, 5.74) is 2.98. The molecule has 3 aromatic rings. The van der Waals surface area contributed by atoms with Gasteiger partial charge in [0.05, 0.1) is 12.6 Å². The smallest absolute Gasteiger partial charge is 0.355 e. The standard InChI is InChI=1S/C27H29FN2O4/c1-6-34-27(33)24-17(2)23(18(3)29(24)5)25(31)19(4)30(16-20-12-14-22(28)15-13-20)26(32)21-10-8-7-9-11-21/h7-15,19H,6,16H2,1-5H3. The van der Waals surface area contributed by atoms with Crippen LogP contribution in [0.15, 0.2) is 54.6 Å². The average molecular weight is 465 g/mol. The van der Waals surface area contributed by atoms with Gasteiger partial charge in [-0.3, -0.25) is 9.59 Å². The average Bonchev–Trinajstić information content (AvgIpc) is 3.05. The van der Waals surface area contributed by atoms with Gasteiger partial charge < -0.3 is 14.2 Å². The quantitative estimate of drug-likeness (QED) is 0.352. The molecule has 3 rings (SSSR count). The van der Waals surface area contributed by atoms with Crippen molar-refractivity contribution in [1.29, 1.82) is 0 Å². The van der Waals surface area contributed by atoms with E-state index in [0.29, 0.717) is 33.6 Å². The van der Waals surface area contributed by atoms with Gasteiger partial charge in [-0.15, -0.1) is 0 Å². The van der Waals surface area contributed by atoms with E-state index in [0.717, 1.165) is 0 Å². The largest absolute Gasteiger partial charge is 0.461 e. The number of rotatable bonds is 8. The van der Waals surface area contributed by atoms with Gasteiger partial charge in [-0.05, 0) is 63.1 Å². The summed E-state index contributed by atoms with van der Waals surface area (Å²) in [6, 6.07) is 13.7. The minimum atomic E-state index is -0.840. The molecular formula is C27H29FN2O4. The Hall–Kier alpha value is -3.74. The van der Waals surface area contributed by atoms with Gasteiger partial charge in [0.15, 0.2) is 5.78 Å². The molecule has 6 nitrogen and oxygen atoms in total. The maximum atomic E-state index is 13.7. The number of halogens is 1. The van der Waals surface area contributed by atoms with Crippen LogP contribution in [-0.2, 0) is 18.3 Å². The topological polar surface area (TPSA) is 68.6 Å². The van der Waals surface area contributed by atoms with Gasteiger partial charge >= 0.3 is 5.97 Å². The monoisotopic (exact) mass is 464 g/mol. The highest BCUT2D eigenvalue weighted by molar-refractivity contribution is 6.07. The molecule has 0 aliphatic carbocycles. The van der Waals surface area contributed by atoms with Crippen LogP contribution in [0.4, 0.5) is 4.39 Å². The van der Waals surface area contributed by atoms with Gasteiger partial charge in [-0.25, -0.2) is 9.18 Å². The van der Waals surface area contributed by atoms with E-state index in [2.05, 4.69) is 0 Å². The summed E-state index contributed by atoms with van der Waals surface area (Å²) in [4.78, 5) is 41.1. The minimum absolute atomic E-state index is 0.122. The van der Waals surface area contributed by atoms with Gasteiger partial charge in [0, 0.05) is 30.4 Å². The summed E-state index contributed by atoms with van der Waals surface area (Å²) in [6.45, 7) is 7.21. The lowest BCUT2D eigenvalue weighted by Gasteiger charge is -2.29. The van der Waals surface area contributed by atoms with E-state index < -0.39 is 12.0 Å². The molecule has 0 bridgehead atoms. The molecule has 7 heteroatoms. The van der Waals surface area contributed by atoms with Crippen LogP contribution >= 0.6 is 0 Å². The number of carbonyl (C=O) groups excluding carboxylic acids is 3. The third-order valence-corrected chi connectivity index (χ3v) is 6.04. The Morgan fingerprint density at radius 2 is 1.65 bits per heavy atom. The Morgan fingerprint density at radius 3 is 2.24 bits per heavy atom. The van der Waals surface area contributed by atoms with Crippen LogP contribution in [0.5, 0.6) is 0 Å². The fraction of sp³-hybridized carbons (Fsp3) is 0.296. The Morgan fingerprint density at radius 1 is 1.03 bits per heavy atom. The predicted octanol–water partition coefficient (Wildman–Crippen LogP) is 4.87. The molecule has 1 unspecified atom stereocenters. The molecule has 1 aromatic heterocycles. The fourth-order valence-electron chi connectivity index (χ4n) is 4.10. The Labute approximate surface area is 199 Å². The van der Waals surface area contributed by atoms with Crippen LogP contribution in [0.3, 0.4) is 0 Å². The first kappa shape index (κ1) is 24.9. The van der Waals surface area contributed by atoms with Crippen LogP contribution in [0.25, 0.3) is 0 Å². The van der Waals surface area contributed by atoms with Crippen molar-refractivity contribution >= 4 is 17.7 Å². The van der Waals surface area contributed by atoms with E-state index in [-0.39, 0.29) is 30.7 Å². The van der Waals surface area contributed by atoms with Crippen molar-refractivity contribution in [3.63, 3.8) is 0 Å². The number of hydrogen-bond donors (Lipinski definition) is 0. The summed E-state index contributed by atoms with van der Waals surface area (Å²) in [7, 11) is 1.71. The van der Waals surface area contributed by atoms with E-state index in [1.807, 2.05) is 6.07 Å². The molecule has 0 saturated heterocycles. The number of nitrogens with zero attached hydrogens (tertiary/aromatic N) is 2. The molecule has 0 spiro atoms. The first-order valence-corrected chi connectivity index (χ1v) is 11.1. The van der Waals surface area contributed by atoms with E-state index >= 15 is 0 Å². The van der Waals surface area contributed by atoms with Gasteiger partial charge in [0.2, 0.25) is 0 Å². The van der Waals surface area contributed by atoms with Crippen LogP contribution < -0.4 is 0 Å². The lowest BCUT2D eigenvalue weighted by molar-refractivity contribution is 0.0513. The number of hydrogen-bond acceptors (Lipinski definition) is 4. The Bertz CT molecular complexity index is 1200. The number of amides is 1. The molecule has 1 atom stereocenters. The maximum absolute atomic E-state index is 13.7. The second-order valence-electron chi connectivity index (χ2n) is 8.18. The molecular weight excluding hydrogens is 435 g/mol. The van der Waals surface area contributed by atoms with Crippen LogP contribution in [0.1, 0.15) is 61.9 Å². The van der Waals surface area contributed by atoms with Crippen molar-refractivity contribution in [2.45, 2.75) is 40.3 Å². The molecule has 34 heavy (non-hydrogen) atoms. The summed E-state index contributed by atoms with van der Waals surface area (Å²) < 4.78 is 20.2. The molecule has 0 fully saturated rings. The van der Waals surface area contributed by atoms with E-state index in [9.17, 15) is 18.8 Å². The highest BCUT2D eigenvalue weighted by Crippen LogP contribution is 2.26. The molecule has 1 amide bonds. The zero-order valence-corrected chi connectivity index (χ0v) is 20.1. The van der Waals surface area contributed by atoms with Crippen molar-refractivity contribution in [3.8, 4) is 0 Å². The van der Waals surface area contributed by atoms with E-state index in [1.165, 1.54) is 17.0 Å². The number of carbonyl (C=O) groups is 3. The molecule has 0 radical (unpaired) electrons. The van der Waals surface area contributed by atoms with Crippen molar-refractivity contribution in [2.24, 2.45) is 7.05 Å². The van der Waals surface area contributed by atoms with Gasteiger partial charge in [0.25, 0.3) is 5.91 Å². The fourth-order valence-corrected chi connectivity index (χ4v) is 4.10. The van der Waals surface area contributed by atoms with Crippen LogP contribution in [0.2, 0.25) is 0 Å². The lowest BCUT2D eigenvalue weighted by atomic mass is 9.98. The minimum Gasteiger partial charge on any atom is -0.461 e. The maximum Gasteiger partial charge on any atom is 0.355 e. The molecule has 0 aliphatic heterocycles. The normalized spacial score (nSPS) is 11.7. The second kappa shape index (κ2) is 10.5. The number of aromatic nitrogens is 1. The zero-order valence-electron chi connectivity index (χ0n) is 20.1. The predicted molar refractivity (Wildman–Crippen MR) is 127 cm³/mol. The van der Waals surface area contributed by atoms with E-state index in [1.54, 1.807) is 75.7 Å². The Balaban J connectivity index is 2.02. The zero-order chi connectivity index (χ0) is 25.0. The second-order valence-corrected chi connectivity index (χ2v) is 8.18. The number of benzene rings is 2. The van der Waals surface area contributed by atoms with Gasteiger partial charge in [-0.1, -0.05) is 30.3 Å². The Kier molecular flexibility index (Phi) is 7.66. The molecule has 2 aromatic carbocycles. The molecule has 1 heterocycles. The first-order valence-electron chi connectivity index (χ1n) is 11.1. The number of ether oxygens (including phenoxy) is 1. The molecule has 0 aliphatic rings.